The van der Waals surface area contributed by atoms with Gasteiger partial charge in [0.2, 0.25) is 5.91 Å². The van der Waals surface area contributed by atoms with Crippen LogP contribution >= 0.6 is 0 Å². The molecule has 3 N–H and O–H groups in total. The largest absolute Gasteiger partial charge is 0.466 e. The number of esters is 1. The molecule has 478 valence electrons. The van der Waals surface area contributed by atoms with Crippen LogP contribution in [0.2, 0.25) is 0 Å². The Bertz CT molecular complexity index is 1310. The van der Waals surface area contributed by atoms with Gasteiger partial charge in [-0.1, -0.05) is 346 Å². The molecule has 0 aliphatic carbocycles. The molecule has 0 saturated carbocycles. The Labute approximate surface area is 506 Å². The van der Waals surface area contributed by atoms with Gasteiger partial charge in [0.1, 0.15) is 0 Å². The van der Waals surface area contributed by atoms with Crippen molar-refractivity contribution in [2.24, 2.45) is 0 Å². The summed E-state index contributed by atoms with van der Waals surface area (Å²) in [6.07, 6.45) is 90.9. The molecular formula is C75H143NO5. The van der Waals surface area contributed by atoms with Gasteiger partial charge in [0, 0.05) is 12.8 Å². The van der Waals surface area contributed by atoms with E-state index in [0.29, 0.717) is 19.4 Å². The average molecular weight is 1140 g/mol. The number of aliphatic hydroxyl groups is 2. The highest BCUT2D eigenvalue weighted by atomic mass is 16.5. The van der Waals surface area contributed by atoms with Gasteiger partial charge in [0.05, 0.1) is 25.4 Å². The van der Waals surface area contributed by atoms with E-state index in [1.54, 1.807) is 6.08 Å². The smallest absolute Gasteiger partial charge is 0.305 e. The Morgan fingerprint density at radius 3 is 0.877 bits per heavy atom. The van der Waals surface area contributed by atoms with Crippen LogP contribution in [0.15, 0.2) is 36.5 Å². The Balaban J connectivity index is 3.41. The molecule has 81 heavy (non-hydrogen) atoms. The third-order valence-corrected chi connectivity index (χ3v) is 17.1. The number of ether oxygens (including phenoxy) is 1. The molecule has 0 spiro atoms. The highest BCUT2D eigenvalue weighted by Crippen LogP contribution is 2.19. The van der Waals surface area contributed by atoms with E-state index in [4.69, 9.17) is 4.74 Å². The first kappa shape index (κ1) is 79.1. The topological polar surface area (TPSA) is 95.9 Å². The quantitative estimate of drug-likeness (QED) is 0.0320. The number of rotatable bonds is 69. The number of hydrogen-bond acceptors (Lipinski definition) is 5. The lowest BCUT2D eigenvalue weighted by atomic mass is 10.0. The summed E-state index contributed by atoms with van der Waals surface area (Å²) in [4.78, 5) is 24.6. The molecular weight excluding hydrogens is 995 g/mol. The van der Waals surface area contributed by atoms with Gasteiger partial charge < -0.3 is 20.3 Å². The number of nitrogens with one attached hydrogen (secondary N) is 1. The standard InChI is InChI=1S/C75H143NO5/c1-3-5-7-9-11-13-15-17-19-20-21-22-30-33-36-40-43-47-51-55-59-63-67-73(78)72(71-77)76-74(79)68-64-60-56-52-48-44-41-37-34-31-28-26-24-23-25-27-29-32-35-38-42-46-50-54-58-62-66-70-81-75(80)69-65-61-57-53-49-45-39-18-16-14-12-10-8-6-4-2/h18,23-24,39,63,67,72-73,77-78H,3-17,19-22,25-38,40-62,64-66,68-71H2,1-2H3,(H,76,79)/b24-23-,39-18-,67-63+. The molecule has 0 aromatic carbocycles. The normalized spacial score (nSPS) is 12.7. The molecule has 2 atom stereocenters. The molecule has 0 aromatic rings. The number of aliphatic hydroxyl groups excluding tert-OH is 2. The van der Waals surface area contributed by atoms with E-state index in [9.17, 15) is 19.8 Å². The van der Waals surface area contributed by atoms with Crippen molar-refractivity contribution in [1.82, 2.24) is 5.32 Å². The summed E-state index contributed by atoms with van der Waals surface area (Å²) in [6.45, 7) is 4.93. The molecule has 0 rings (SSSR count). The zero-order valence-electron chi connectivity index (χ0n) is 54.8. The Kier molecular flexibility index (Phi) is 68.9. The van der Waals surface area contributed by atoms with Crippen molar-refractivity contribution in [1.29, 1.82) is 0 Å². The molecule has 0 aliphatic rings. The molecule has 6 nitrogen and oxygen atoms in total. The van der Waals surface area contributed by atoms with Crippen LogP contribution in [0.1, 0.15) is 406 Å². The van der Waals surface area contributed by atoms with Crippen molar-refractivity contribution in [3.8, 4) is 0 Å². The first-order chi connectivity index (χ1) is 40.0. The number of allylic oxidation sites excluding steroid dienone is 5. The Morgan fingerprint density at radius 1 is 0.333 bits per heavy atom. The van der Waals surface area contributed by atoms with Crippen molar-refractivity contribution in [3.05, 3.63) is 36.5 Å². The summed E-state index contributed by atoms with van der Waals surface area (Å²) in [6, 6.07) is -0.630. The number of unbranched alkanes of at least 4 members (excludes halogenated alkanes) is 54. The zero-order chi connectivity index (χ0) is 58.5. The van der Waals surface area contributed by atoms with Crippen LogP contribution in [0, 0.1) is 0 Å². The van der Waals surface area contributed by atoms with Crippen LogP contribution in [-0.2, 0) is 14.3 Å². The number of carbonyl (C=O) groups excluding carboxylic acids is 2. The lowest BCUT2D eigenvalue weighted by molar-refractivity contribution is -0.143. The van der Waals surface area contributed by atoms with Crippen molar-refractivity contribution in [3.63, 3.8) is 0 Å². The highest BCUT2D eigenvalue weighted by Gasteiger charge is 2.18. The molecule has 0 aliphatic heterocycles. The Morgan fingerprint density at radius 2 is 0.580 bits per heavy atom. The van der Waals surface area contributed by atoms with Gasteiger partial charge in [-0.2, -0.15) is 0 Å². The van der Waals surface area contributed by atoms with E-state index in [0.717, 1.165) is 44.9 Å². The van der Waals surface area contributed by atoms with Gasteiger partial charge in [-0.15, -0.1) is 0 Å². The fraction of sp³-hybridized carbons (Fsp3) is 0.893. The predicted molar refractivity (Wildman–Crippen MR) is 356 cm³/mol. The minimum Gasteiger partial charge on any atom is -0.466 e. The van der Waals surface area contributed by atoms with Crippen LogP contribution in [0.4, 0.5) is 0 Å². The summed E-state index contributed by atoms with van der Waals surface area (Å²) < 4.78 is 5.49. The van der Waals surface area contributed by atoms with Gasteiger partial charge in [0.25, 0.3) is 0 Å². The van der Waals surface area contributed by atoms with Gasteiger partial charge in [-0.25, -0.2) is 0 Å². The van der Waals surface area contributed by atoms with Crippen LogP contribution in [-0.4, -0.2) is 47.4 Å². The van der Waals surface area contributed by atoms with Gasteiger partial charge >= 0.3 is 5.97 Å². The Hall–Kier alpha value is -1.92. The third kappa shape index (κ3) is 67.1. The van der Waals surface area contributed by atoms with Gasteiger partial charge in [0.15, 0.2) is 0 Å². The van der Waals surface area contributed by atoms with Crippen LogP contribution in [0.25, 0.3) is 0 Å². The second-order valence-electron chi connectivity index (χ2n) is 25.3. The molecule has 0 heterocycles. The monoisotopic (exact) mass is 1140 g/mol. The SMILES string of the molecule is CCCCCCCC/C=C\CCCCCCCC(=O)OCCCCCCCCCCCCCC/C=C\CCCCCCCCCCCCCC(=O)NC(CO)C(O)/C=C/CCCCCCCCCCCCCCCCCCCCCC. The molecule has 0 bridgehead atoms. The van der Waals surface area contributed by atoms with E-state index >= 15 is 0 Å². The molecule has 0 radical (unpaired) electrons. The van der Waals surface area contributed by atoms with Crippen molar-refractivity contribution >= 4 is 11.9 Å². The molecule has 0 fully saturated rings. The second kappa shape index (κ2) is 70.6. The molecule has 0 saturated heterocycles. The lowest BCUT2D eigenvalue weighted by Crippen LogP contribution is -2.45. The zero-order valence-corrected chi connectivity index (χ0v) is 54.8. The molecule has 2 unspecified atom stereocenters. The van der Waals surface area contributed by atoms with Crippen LogP contribution in [0.3, 0.4) is 0 Å². The van der Waals surface area contributed by atoms with Gasteiger partial charge in [-0.05, 0) is 83.5 Å². The summed E-state index contributed by atoms with van der Waals surface area (Å²) >= 11 is 0. The number of carbonyl (C=O) groups is 2. The minimum absolute atomic E-state index is 0.00737. The number of hydrogen-bond donors (Lipinski definition) is 3. The van der Waals surface area contributed by atoms with Crippen molar-refractivity contribution in [2.75, 3.05) is 13.2 Å². The fourth-order valence-corrected chi connectivity index (χ4v) is 11.5. The highest BCUT2D eigenvalue weighted by molar-refractivity contribution is 5.76. The summed E-state index contributed by atoms with van der Waals surface area (Å²) in [7, 11) is 0. The van der Waals surface area contributed by atoms with Crippen LogP contribution < -0.4 is 5.32 Å². The van der Waals surface area contributed by atoms with Crippen molar-refractivity contribution < 1.29 is 24.5 Å². The van der Waals surface area contributed by atoms with Crippen LogP contribution in [0.5, 0.6) is 0 Å². The maximum atomic E-state index is 12.5. The average Bonchev–Trinajstić information content (AvgIpc) is 3.47. The summed E-state index contributed by atoms with van der Waals surface area (Å²) in [5, 5.41) is 23.3. The first-order valence-electron chi connectivity index (χ1n) is 36.8. The third-order valence-electron chi connectivity index (χ3n) is 17.1. The molecule has 1 amide bonds. The lowest BCUT2D eigenvalue weighted by Gasteiger charge is -2.20. The van der Waals surface area contributed by atoms with Crippen molar-refractivity contribution in [2.45, 2.75) is 418 Å². The second-order valence-corrected chi connectivity index (χ2v) is 25.3. The summed E-state index contributed by atoms with van der Waals surface area (Å²) in [5.74, 6) is -0.0575. The predicted octanol–water partition coefficient (Wildman–Crippen LogP) is 23.9. The fourth-order valence-electron chi connectivity index (χ4n) is 11.5. The van der Waals surface area contributed by atoms with E-state index in [1.807, 2.05) is 6.08 Å². The van der Waals surface area contributed by atoms with E-state index < -0.39 is 12.1 Å². The molecule has 6 heteroatoms. The van der Waals surface area contributed by atoms with E-state index in [-0.39, 0.29) is 18.5 Å². The maximum Gasteiger partial charge on any atom is 0.305 e. The van der Waals surface area contributed by atoms with E-state index in [2.05, 4.69) is 43.5 Å². The maximum absolute atomic E-state index is 12.5. The van der Waals surface area contributed by atoms with Gasteiger partial charge in [-0.3, -0.25) is 9.59 Å². The van der Waals surface area contributed by atoms with E-state index in [1.165, 1.54) is 334 Å². The minimum atomic E-state index is -0.847. The first-order valence-corrected chi connectivity index (χ1v) is 36.8. The molecule has 0 aromatic heterocycles. The summed E-state index contributed by atoms with van der Waals surface area (Å²) in [5.41, 5.74) is 0. The number of amides is 1.